The van der Waals surface area contributed by atoms with Gasteiger partial charge in [0.05, 0.1) is 50.7 Å². The Morgan fingerprint density at radius 1 is 0.432 bits per heavy atom. The maximum atomic E-state index is 13.6. The van der Waals surface area contributed by atoms with Crippen LogP contribution in [0.1, 0.15) is 406 Å². The van der Waals surface area contributed by atoms with E-state index < -0.39 is 148 Å². The van der Waals surface area contributed by atoms with Crippen LogP contribution in [0.4, 0.5) is 0 Å². The van der Waals surface area contributed by atoms with Crippen LogP contribution in [0.2, 0.25) is 0 Å². The smallest absolute Gasteiger partial charge is 0.364 e. The van der Waals surface area contributed by atoms with Crippen molar-refractivity contribution in [1.82, 2.24) is 10.6 Å². The minimum Gasteiger partial charge on any atom is -0.477 e. The molecule has 3 rings (SSSR count). The SMILES string of the molecule is CCCCCCCCCCCCCCCCCCCCCCCCCCCCCCCCCCCCCCCCCC(=O)NC(COC1OC(CO)C(OC2OC(CO)C(O)C(OC3(C(=O)O)CC(O)C(NC(C)=O)C(C(O)C(O)CO)O3)C2O)C(O)C1O)C(O)CCCCCCCCCCCCCCCCCCCC. The lowest BCUT2D eigenvalue weighted by molar-refractivity contribution is -0.386. The first kappa shape index (κ1) is 103. The number of amides is 2. The zero-order valence-electron chi connectivity index (χ0n) is 70.1. The number of carbonyl (C=O) groups excluding carboxylic acids is 2. The first-order valence-corrected chi connectivity index (χ1v) is 45.9. The minimum absolute atomic E-state index is 0.230. The van der Waals surface area contributed by atoms with E-state index >= 15 is 0 Å². The Morgan fingerprint density at radius 2 is 0.784 bits per heavy atom. The summed E-state index contributed by atoms with van der Waals surface area (Å²) in [5, 5.41) is 137. The Kier molecular flexibility index (Phi) is 61.8. The molecule has 3 aliphatic rings. The average Bonchev–Trinajstić information content (AvgIpc) is 0.753. The van der Waals surface area contributed by atoms with E-state index in [-0.39, 0.29) is 18.9 Å². The molecule has 0 spiro atoms. The van der Waals surface area contributed by atoms with Crippen LogP contribution in [0.25, 0.3) is 0 Å². The molecule has 18 unspecified atom stereocenters. The number of aliphatic hydroxyl groups excluding tert-OH is 11. The summed E-state index contributed by atoms with van der Waals surface area (Å²) in [6, 6.07) is -2.53. The topological polar surface area (TPSA) is 373 Å². The van der Waals surface area contributed by atoms with Crippen LogP contribution >= 0.6 is 0 Å². The highest BCUT2D eigenvalue weighted by molar-refractivity contribution is 5.77. The fraction of sp³-hybridized carbons (Fsp3) is 0.966. The second-order valence-corrected chi connectivity index (χ2v) is 33.5. The van der Waals surface area contributed by atoms with Gasteiger partial charge < -0.3 is 100 Å². The van der Waals surface area contributed by atoms with E-state index in [1.165, 1.54) is 308 Å². The molecule has 23 heteroatoms. The molecule has 0 radical (unpaired) electrons. The summed E-state index contributed by atoms with van der Waals surface area (Å²) in [6.07, 6.45) is 45.7. The van der Waals surface area contributed by atoms with Crippen molar-refractivity contribution in [1.29, 1.82) is 0 Å². The number of unbranched alkanes of at least 4 members (excludes halogenated alkanes) is 55. The molecule has 0 aromatic carbocycles. The number of ether oxygens (including phenoxy) is 6. The fourth-order valence-corrected chi connectivity index (χ4v) is 16.4. The van der Waals surface area contributed by atoms with Crippen LogP contribution in [-0.2, 0) is 42.8 Å². The fourth-order valence-electron chi connectivity index (χ4n) is 16.4. The summed E-state index contributed by atoms with van der Waals surface area (Å²) >= 11 is 0. The monoisotopic (exact) mass is 1590 g/mol. The minimum atomic E-state index is -3.08. The van der Waals surface area contributed by atoms with Crippen molar-refractivity contribution in [2.75, 3.05) is 26.4 Å². The number of hydrogen-bond donors (Lipinski definition) is 14. The number of carbonyl (C=O) groups is 3. The summed E-state index contributed by atoms with van der Waals surface area (Å²) in [5.74, 6) is -6.08. The van der Waals surface area contributed by atoms with Gasteiger partial charge in [-0.3, -0.25) is 9.59 Å². The Hall–Kier alpha value is -2.27. The zero-order chi connectivity index (χ0) is 81.0. The molecule has 0 aromatic heterocycles. The Morgan fingerprint density at radius 3 is 1.13 bits per heavy atom. The molecule has 0 aliphatic carbocycles. The molecule has 0 saturated carbocycles. The lowest BCUT2D eigenvalue weighted by Crippen LogP contribution is -2.70. The Bertz CT molecular complexity index is 2190. The molecule has 111 heavy (non-hydrogen) atoms. The number of aliphatic hydroxyl groups is 11. The number of nitrogens with one attached hydrogen (secondary N) is 2. The average molecular weight is 1590 g/mol. The first-order valence-electron chi connectivity index (χ1n) is 45.9. The molecule has 3 fully saturated rings. The van der Waals surface area contributed by atoms with Gasteiger partial charge in [-0.1, -0.05) is 373 Å². The van der Waals surface area contributed by atoms with Crippen LogP contribution in [0, 0.1) is 0 Å². The molecule has 0 aromatic rings. The lowest BCUT2D eigenvalue weighted by atomic mass is 9.88. The maximum Gasteiger partial charge on any atom is 0.364 e. The third-order valence-corrected chi connectivity index (χ3v) is 23.6. The number of carboxylic acid groups (broad SMARTS) is 1. The van der Waals surface area contributed by atoms with E-state index in [1.807, 2.05) is 0 Å². The molecule has 18 atom stereocenters. The van der Waals surface area contributed by atoms with Gasteiger partial charge in [-0.15, -0.1) is 0 Å². The Labute approximate surface area is 671 Å². The second-order valence-electron chi connectivity index (χ2n) is 33.5. The van der Waals surface area contributed by atoms with E-state index in [0.717, 1.165) is 51.9 Å². The van der Waals surface area contributed by atoms with E-state index in [0.29, 0.717) is 19.3 Å². The van der Waals surface area contributed by atoms with E-state index in [2.05, 4.69) is 24.5 Å². The second kappa shape index (κ2) is 66.6. The molecule has 2 amide bonds. The predicted octanol–water partition coefficient (Wildman–Crippen LogP) is 14.7. The third kappa shape index (κ3) is 45.5. The van der Waals surface area contributed by atoms with E-state index in [4.69, 9.17) is 28.4 Å². The molecule has 3 aliphatic heterocycles. The van der Waals surface area contributed by atoms with Gasteiger partial charge >= 0.3 is 5.97 Å². The van der Waals surface area contributed by atoms with Crippen LogP contribution in [0.15, 0.2) is 0 Å². The van der Waals surface area contributed by atoms with Crippen LogP contribution in [0.5, 0.6) is 0 Å². The van der Waals surface area contributed by atoms with Gasteiger partial charge in [-0.2, -0.15) is 0 Å². The van der Waals surface area contributed by atoms with Crippen molar-refractivity contribution in [2.45, 2.75) is 516 Å². The highest BCUT2D eigenvalue weighted by atomic mass is 16.8. The van der Waals surface area contributed by atoms with Crippen molar-refractivity contribution >= 4 is 17.8 Å². The Balaban J connectivity index is 1.38. The van der Waals surface area contributed by atoms with Crippen molar-refractivity contribution in [3.8, 4) is 0 Å². The van der Waals surface area contributed by atoms with E-state index in [1.54, 1.807) is 0 Å². The molecular formula is C88H168N2O21. The van der Waals surface area contributed by atoms with Gasteiger partial charge in [0.2, 0.25) is 11.8 Å². The van der Waals surface area contributed by atoms with Crippen LogP contribution in [0.3, 0.4) is 0 Å². The van der Waals surface area contributed by atoms with Gasteiger partial charge in [0.1, 0.15) is 67.1 Å². The molecule has 14 N–H and O–H groups in total. The predicted molar refractivity (Wildman–Crippen MR) is 435 cm³/mol. The van der Waals surface area contributed by atoms with Gasteiger partial charge in [-0.25, -0.2) is 4.79 Å². The number of rotatable bonds is 75. The summed E-state index contributed by atoms with van der Waals surface area (Å²) < 4.78 is 35.0. The van der Waals surface area contributed by atoms with Crippen molar-refractivity contribution in [2.24, 2.45) is 0 Å². The largest absolute Gasteiger partial charge is 0.477 e. The quantitative estimate of drug-likeness (QED) is 0.0252. The summed E-state index contributed by atoms with van der Waals surface area (Å²) in [5.41, 5.74) is 0. The van der Waals surface area contributed by atoms with Gasteiger partial charge in [0.15, 0.2) is 12.6 Å². The molecule has 0 bridgehead atoms. The summed E-state index contributed by atoms with van der Waals surface area (Å²) in [6.45, 7) is 2.28. The molecule has 656 valence electrons. The van der Waals surface area contributed by atoms with Gasteiger partial charge in [0, 0.05) is 19.8 Å². The highest BCUT2D eigenvalue weighted by Gasteiger charge is 2.60. The zero-order valence-corrected chi connectivity index (χ0v) is 70.1. The summed E-state index contributed by atoms with van der Waals surface area (Å²) in [7, 11) is 0. The van der Waals surface area contributed by atoms with Gasteiger partial charge in [0.25, 0.3) is 5.79 Å². The van der Waals surface area contributed by atoms with Crippen LogP contribution < -0.4 is 10.6 Å². The van der Waals surface area contributed by atoms with Crippen LogP contribution in [-0.4, -0.2) is 215 Å². The van der Waals surface area contributed by atoms with Gasteiger partial charge in [-0.05, 0) is 12.8 Å². The molecule has 3 saturated heterocycles. The molecular weight excluding hydrogens is 1420 g/mol. The standard InChI is InChI=1S/C88H168N2O21/c1-4-6-8-10-12-14-16-18-20-22-24-25-26-27-28-29-30-31-32-33-34-35-36-37-38-39-40-41-42-43-44-46-48-50-52-54-56-58-60-62-75(98)90-69(70(95)61-59-57-55-53-51-49-47-45-23-21-19-17-15-13-11-9-7-5-2)67-106-85-80(102)79(101)82(74(66-93)108-85)109-86-81(103)84(78(100)73(65-92)107-86)111-88(87(104)105)63-71(96)76(89-68(3)94)83(110-88)77(99)72(97)64-91/h69-74,76-86,91-93,95-97,99-103H,4-67H2,1-3H3,(H,89,94)(H,90,98)(H,104,105). The van der Waals surface area contributed by atoms with Crippen molar-refractivity contribution < 1.29 is 104 Å². The number of aliphatic carboxylic acids is 1. The van der Waals surface area contributed by atoms with Crippen molar-refractivity contribution in [3.05, 3.63) is 0 Å². The van der Waals surface area contributed by atoms with E-state index in [9.17, 15) is 75.7 Å². The normalized spacial score (nSPS) is 25.4. The van der Waals surface area contributed by atoms with Crippen molar-refractivity contribution in [3.63, 3.8) is 0 Å². The molecule has 23 nitrogen and oxygen atoms in total. The third-order valence-electron chi connectivity index (χ3n) is 23.6. The molecule has 3 heterocycles. The number of hydrogen-bond acceptors (Lipinski definition) is 20. The number of carboxylic acids is 1. The maximum absolute atomic E-state index is 13.6. The summed E-state index contributed by atoms with van der Waals surface area (Å²) in [4.78, 5) is 38.8. The first-order chi connectivity index (χ1) is 53.9. The lowest BCUT2D eigenvalue weighted by Gasteiger charge is -2.50. The highest BCUT2D eigenvalue weighted by Crippen LogP contribution is 2.39.